The largest absolute Gasteiger partial charge is 0.497 e. The van der Waals surface area contributed by atoms with Gasteiger partial charge in [-0.05, 0) is 85.8 Å². The SMILES string of the molecule is COc1ccc(C(=O)c2ccc(NC(=O)C[C@@H]3N=C(c4ccc(Cl)cc4)c4cc(OC)ccc4-n4c(C)nnc43)cc2)cc1. The number of halogens is 1. The minimum atomic E-state index is -0.642. The number of ketones is 1. The molecule has 220 valence electrons. The lowest BCUT2D eigenvalue weighted by molar-refractivity contribution is -0.116. The van der Waals surface area contributed by atoms with E-state index in [9.17, 15) is 9.59 Å². The number of carbonyl (C=O) groups is 2. The number of nitrogens with one attached hydrogen (secondary N) is 1. The standard InChI is InChI=1S/C34H28ClN5O4/c1-20-38-39-34-29(19-31(41)36-25-12-6-22(7-13-25)33(42)23-8-14-26(43-2)15-9-23)37-32(21-4-10-24(35)11-5-21)28-18-27(44-3)16-17-30(28)40(20)34/h4-18,29H,19H2,1-3H3,(H,36,41)/t29-/m0/s1. The number of aryl methyl sites for hydroxylation is 1. The number of nitrogens with zero attached hydrogens (tertiary/aromatic N) is 4. The molecule has 0 unspecified atom stereocenters. The summed E-state index contributed by atoms with van der Waals surface area (Å²) in [6, 6.07) is 26.2. The molecule has 0 saturated carbocycles. The van der Waals surface area contributed by atoms with E-state index in [4.69, 9.17) is 26.1 Å². The maximum atomic E-state index is 13.4. The second-order valence-electron chi connectivity index (χ2n) is 10.2. The molecule has 1 amide bonds. The Morgan fingerprint density at radius 2 is 1.48 bits per heavy atom. The van der Waals surface area contributed by atoms with Gasteiger partial charge in [0.2, 0.25) is 5.91 Å². The summed E-state index contributed by atoms with van der Waals surface area (Å²) in [4.78, 5) is 31.4. The topological polar surface area (TPSA) is 108 Å². The number of ether oxygens (including phenoxy) is 2. The molecular formula is C34H28ClN5O4. The van der Waals surface area contributed by atoms with Gasteiger partial charge in [0.05, 0.1) is 32.0 Å². The minimum absolute atomic E-state index is 0.00682. The highest BCUT2D eigenvalue weighted by atomic mass is 35.5. The van der Waals surface area contributed by atoms with Crippen LogP contribution >= 0.6 is 11.6 Å². The summed E-state index contributed by atoms with van der Waals surface area (Å²) in [5.41, 5.74) is 4.77. The lowest BCUT2D eigenvalue weighted by Crippen LogP contribution is -2.17. The van der Waals surface area contributed by atoms with Crippen molar-refractivity contribution in [2.75, 3.05) is 19.5 Å². The fourth-order valence-electron chi connectivity index (χ4n) is 5.18. The van der Waals surface area contributed by atoms with E-state index >= 15 is 0 Å². The number of amides is 1. The van der Waals surface area contributed by atoms with Crippen LogP contribution in [-0.2, 0) is 4.79 Å². The van der Waals surface area contributed by atoms with Gasteiger partial charge in [-0.3, -0.25) is 19.1 Å². The molecule has 10 heteroatoms. The summed E-state index contributed by atoms with van der Waals surface area (Å²) in [6.07, 6.45) is 0.00682. The normalized spacial score (nSPS) is 13.6. The van der Waals surface area contributed by atoms with E-state index in [1.165, 1.54) is 0 Å². The van der Waals surface area contributed by atoms with Crippen molar-refractivity contribution in [3.63, 3.8) is 0 Å². The monoisotopic (exact) mass is 605 g/mol. The average molecular weight is 606 g/mol. The van der Waals surface area contributed by atoms with Crippen LogP contribution in [0.25, 0.3) is 5.69 Å². The van der Waals surface area contributed by atoms with Crippen LogP contribution in [0.15, 0.2) is 96.0 Å². The maximum absolute atomic E-state index is 13.4. The fourth-order valence-corrected chi connectivity index (χ4v) is 5.30. The zero-order chi connectivity index (χ0) is 30.8. The maximum Gasteiger partial charge on any atom is 0.227 e. The number of aliphatic imine (C=N–C) groups is 1. The van der Waals surface area contributed by atoms with Crippen LogP contribution in [-0.4, -0.2) is 46.4 Å². The van der Waals surface area contributed by atoms with Gasteiger partial charge in [-0.1, -0.05) is 23.7 Å². The number of benzene rings is 4. The first-order chi connectivity index (χ1) is 21.3. The molecule has 6 rings (SSSR count). The number of hydrogen-bond donors (Lipinski definition) is 1. The summed E-state index contributed by atoms with van der Waals surface area (Å²) in [5, 5.41) is 12.3. The van der Waals surface area contributed by atoms with E-state index in [2.05, 4.69) is 15.5 Å². The first-order valence-corrected chi connectivity index (χ1v) is 14.3. The second kappa shape index (κ2) is 12.1. The summed E-state index contributed by atoms with van der Waals surface area (Å²) in [5.74, 6) is 2.17. The number of anilines is 1. The van der Waals surface area contributed by atoms with Crippen LogP contribution in [0.4, 0.5) is 5.69 Å². The van der Waals surface area contributed by atoms with Crippen LogP contribution in [0, 0.1) is 6.92 Å². The summed E-state index contributed by atoms with van der Waals surface area (Å²) < 4.78 is 12.6. The number of aromatic nitrogens is 3. The number of carbonyl (C=O) groups excluding carboxylic acids is 2. The van der Waals surface area contributed by atoms with Crippen LogP contribution < -0.4 is 14.8 Å². The van der Waals surface area contributed by atoms with E-state index in [1.54, 1.807) is 74.9 Å². The molecule has 2 heterocycles. The molecule has 4 aromatic carbocycles. The predicted octanol–water partition coefficient (Wildman–Crippen LogP) is 6.40. The molecule has 1 aromatic heterocycles. The number of hydrogen-bond acceptors (Lipinski definition) is 7. The Morgan fingerprint density at radius 1 is 0.841 bits per heavy atom. The minimum Gasteiger partial charge on any atom is -0.497 e. The van der Waals surface area contributed by atoms with Crippen LogP contribution in [0.5, 0.6) is 11.5 Å². The third-order valence-corrected chi connectivity index (χ3v) is 7.66. The molecular weight excluding hydrogens is 578 g/mol. The lowest BCUT2D eigenvalue weighted by Gasteiger charge is -2.14. The Kier molecular flexibility index (Phi) is 7.95. The van der Waals surface area contributed by atoms with Crippen LogP contribution in [0.1, 0.15) is 51.2 Å². The van der Waals surface area contributed by atoms with Crippen LogP contribution in [0.3, 0.4) is 0 Å². The Labute approximate surface area is 259 Å². The Hall–Kier alpha value is -5.28. The third-order valence-electron chi connectivity index (χ3n) is 7.41. The van der Waals surface area contributed by atoms with Crippen LogP contribution in [0.2, 0.25) is 5.02 Å². The van der Waals surface area contributed by atoms with E-state index in [0.29, 0.717) is 50.7 Å². The second-order valence-corrected chi connectivity index (χ2v) is 10.6. The zero-order valence-corrected chi connectivity index (χ0v) is 25.0. The average Bonchev–Trinajstić information content (AvgIpc) is 3.37. The molecule has 0 spiro atoms. The van der Waals surface area contributed by atoms with Crippen molar-refractivity contribution in [2.24, 2.45) is 4.99 Å². The van der Waals surface area contributed by atoms with E-state index in [-0.39, 0.29) is 18.1 Å². The molecule has 0 bridgehead atoms. The van der Waals surface area contributed by atoms with Gasteiger partial charge in [-0.25, -0.2) is 0 Å². The highest BCUT2D eigenvalue weighted by molar-refractivity contribution is 6.30. The summed E-state index contributed by atoms with van der Waals surface area (Å²) in [6.45, 7) is 1.86. The molecule has 1 N–H and O–H groups in total. The first kappa shape index (κ1) is 28.8. The van der Waals surface area contributed by atoms with Crippen molar-refractivity contribution in [3.05, 3.63) is 130 Å². The molecule has 9 nitrogen and oxygen atoms in total. The van der Waals surface area contributed by atoms with E-state index < -0.39 is 6.04 Å². The number of fused-ring (bicyclic) bond motifs is 3. The predicted molar refractivity (Wildman–Crippen MR) is 169 cm³/mol. The van der Waals surface area contributed by atoms with Gasteiger partial charge >= 0.3 is 0 Å². The molecule has 44 heavy (non-hydrogen) atoms. The first-order valence-electron chi connectivity index (χ1n) is 13.9. The van der Waals surface area contributed by atoms with E-state index in [0.717, 1.165) is 16.8 Å². The van der Waals surface area contributed by atoms with E-state index in [1.807, 2.05) is 41.8 Å². The number of methoxy groups -OCH3 is 2. The molecule has 0 radical (unpaired) electrons. The molecule has 1 aliphatic rings. The van der Waals surface area contributed by atoms with Crippen molar-refractivity contribution in [2.45, 2.75) is 19.4 Å². The molecule has 0 saturated heterocycles. The van der Waals surface area contributed by atoms with Gasteiger partial charge in [0.15, 0.2) is 11.6 Å². The van der Waals surface area contributed by atoms with Crippen molar-refractivity contribution in [1.29, 1.82) is 0 Å². The van der Waals surface area contributed by atoms with Crippen molar-refractivity contribution >= 4 is 34.7 Å². The quantitative estimate of drug-likeness (QED) is 0.205. The zero-order valence-electron chi connectivity index (χ0n) is 24.2. The Bertz CT molecular complexity index is 1880. The molecule has 0 fully saturated rings. The van der Waals surface area contributed by atoms with Gasteiger partial charge in [-0.15, -0.1) is 10.2 Å². The lowest BCUT2D eigenvalue weighted by atomic mass is 10.00. The highest BCUT2D eigenvalue weighted by Crippen LogP contribution is 2.34. The smallest absolute Gasteiger partial charge is 0.227 e. The summed E-state index contributed by atoms with van der Waals surface area (Å²) >= 11 is 6.19. The van der Waals surface area contributed by atoms with Gasteiger partial charge in [-0.2, -0.15) is 0 Å². The van der Waals surface area contributed by atoms with Crippen molar-refractivity contribution in [3.8, 4) is 17.2 Å². The molecule has 5 aromatic rings. The van der Waals surface area contributed by atoms with Gasteiger partial charge in [0.1, 0.15) is 23.4 Å². The summed E-state index contributed by atoms with van der Waals surface area (Å²) in [7, 11) is 3.19. The third kappa shape index (κ3) is 5.69. The Balaban J connectivity index is 1.29. The molecule has 1 aliphatic heterocycles. The molecule has 1 atom stereocenters. The van der Waals surface area contributed by atoms with Crippen molar-refractivity contribution < 1.29 is 19.1 Å². The van der Waals surface area contributed by atoms with Gasteiger partial charge in [0, 0.05) is 33.0 Å². The van der Waals surface area contributed by atoms with Crippen molar-refractivity contribution in [1.82, 2.24) is 14.8 Å². The molecule has 0 aliphatic carbocycles. The number of rotatable bonds is 8. The fraction of sp³-hybridized carbons (Fsp3) is 0.147. The van der Waals surface area contributed by atoms with Gasteiger partial charge in [0.25, 0.3) is 0 Å². The van der Waals surface area contributed by atoms with Gasteiger partial charge < -0.3 is 14.8 Å². The Morgan fingerprint density at radius 3 is 2.14 bits per heavy atom. The highest BCUT2D eigenvalue weighted by Gasteiger charge is 2.30.